The molecule has 0 bridgehead atoms. The van der Waals surface area contributed by atoms with Gasteiger partial charge in [-0.05, 0) is 6.07 Å². The molecule has 0 aliphatic carbocycles. The van der Waals surface area contributed by atoms with Gasteiger partial charge >= 0.3 is 0 Å². The van der Waals surface area contributed by atoms with E-state index in [9.17, 15) is 4.79 Å². The van der Waals surface area contributed by atoms with Crippen molar-refractivity contribution in [3.05, 3.63) is 42.4 Å². The topological polar surface area (TPSA) is 69.3 Å². The molecule has 6 heteroatoms. The highest BCUT2D eigenvalue weighted by molar-refractivity contribution is 6.08. The molecule has 0 atom stereocenters. The van der Waals surface area contributed by atoms with Crippen molar-refractivity contribution in [1.29, 1.82) is 0 Å². The molecule has 0 spiro atoms. The van der Waals surface area contributed by atoms with Gasteiger partial charge in [0.15, 0.2) is 0 Å². The summed E-state index contributed by atoms with van der Waals surface area (Å²) in [6, 6.07) is 5.54. The van der Waals surface area contributed by atoms with Gasteiger partial charge in [0.1, 0.15) is 5.58 Å². The third kappa shape index (κ3) is 2.60. The van der Waals surface area contributed by atoms with Gasteiger partial charge < -0.3 is 14.5 Å². The zero-order valence-electron chi connectivity index (χ0n) is 12.5. The monoisotopic (exact) mass is 299 g/mol. The summed E-state index contributed by atoms with van der Waals surface area (Å²) in [6.45, 7) is 0.933. The Balaban J connectivity index is 1.97. The lowest BCUT2D eigenvalue weighted by molar-refractivity contribution is 0.0938. The van der Waals surface area contributed by atoms with Crippen LogP contribution in [0.25, 0.3) is 22.1 Å². The second kappa shape index (κ2) is 6.03. The van der Waals surface area contributed by atoms with Crippen LogP contribution in [0.15, 0.2) is 41.3 Å². The van der Waals surface area contributed by atoms with E-state index in [1.165, 1.54) is 0 Å². The Morgan fingerprint density at radius 2 is 2.32 bits per heavy atom. The molecule has 1 amide bonds. The summed E-state index contributed by atoms with van der Waals surface area (Å²) in [5, 5.41) is 7.87. The van der Waals surface area contributed by atoms with E-state index >= 15 is 0 Å². The summed E-state index contributed by atoms with van der Waals surface area (Å²) >= 11 is 0. The molecule has 6 nitrogen and oxygen atoms in total. The minimum Gasteiger partial charge on any atom is -0.463 e. The van der Waals surface area contributed by atoms with E-state index in [-0.39, 0.29) is 5.91 Å². The zero-order valence-corrected chi connectivity index (χ0v) is 12.5. The van der Waals surface area contributed by atoms with Gasteiger partial charge in [-0.15, -0.1) is 0 Å². The van der Waals surface area contributed by atoms with Crippen LogP contribution in [0.3, 0.4) is 0 Å². The van der Waals surface area contributed by atoms with E-state index in [0.29, 0.717) is 24.3 Å². The number of aromatic nitrogens is 2. The lowest BCUT2D eigenvalue weighted by Crippen LogP contribution is -2.26. The van der Waals surface area contributed by atoms with Gasteiger partial charge in [0.25, 0.3) is 5.91 Å². The fourth-order valence-electron chi connectivity index (χ4n) is 2.38. The number of fused-ring (bicyclic) bond motifs is 1. The number of methoxy groups -OCH3 is 1. The highest BCUT2D eigenvalue weighted by atomic mass is 16.5. The molecule has 114 valence electrons. The summed E-state index contributed by atoms with van der Waals surface area (Å²) in [6.07, 6.45) is 5.35. The van der Waals surface area contributed by atoms with Crippen molar-refractivity contribution in [3.63, 3.8) is 0 Å². The van der Waals surface area contributed by atoms with Crippen LogP contribution in [0.5, 0.6) is 0 Å². The zero-order chi connectivity index (χ0) is 15.5. The van der Waals surface area contributed by atoms with Crippen LogP contribution in [0.2, 0.25) is 0 Å². The number of benzene rings is 1. The number of carbonyl (C=O) groups is 1. The lowest BCUT2D eigenvalue weighted by atomic mass is 10.1. The smallest absolute Gasteiger partial charge is 0.255 e. The number of nitrogens with one attached hydrogen (secondary N) is 1. The normalized spacial score (nSPS) is 11.0. The number of carbonyl (C=O) groups excluding carboxylic acids is 1. The predicted octanol–water partition coefficient (Wildman–Crippen LogP) is 2.21. The lowest BCUT2D eigenvalue weighted by Gasteiger charge is -2.05. The fraction of sp³-hybridized carbons (Fsp3) is 0.250. The SMILES string of the molecule is COCCNC(=O)c1cccc2c(-c3cnn(C)c3)coc12. The molecule has 2 aromatic heterocycles. The summed E-state index contributed by atoms with van der Waals surface area (Å²) in [5.74, 6) is -0.172. The molecule has 1 aromatic carbocycles. The summed E-state index contributed by atoms with van der Waals surface area (Å²) in [7, 11) is 3.46. The fourth-order valence-corrected chi connectivity index (χ4v) is 2.38. The van der Waals surface area contributed by atoms with Crippen molar-refractivity contribution >= 4 is 16.9 Å². The Labute approximate surface area is 127 Å². The number of amides is 1. The summed E-state index contributed by atoms with van der Waals surface area (Å²) in [5.41, 5.74) is 2.98. The first kappa shape index (κ1) is 14.3. The average molecular weight is 299 g/mol. The van der Waals surface area contributed by atoms with Crippen molar-refractivity contribution in [2.75, 3.05) is 20.3 Å². The van der Waals surface area contributed by atoms with Crippen molar-refractivity contribution in [2.24, 2.45) is 7.05 Å². The molecule has 1 N–H and O–H groups in total. The highest BCUT2D eigenvalue weighted by Crippen LogP contribution is 2.32. The van der Waals surface area contributed by atoms with Crippen LogP contribution < -0.4 is 5.32 Å². The van der Waals surface area contributed by atoms with Crippen LogP contribution in [-0.2, 0) is 11.8 Å². The Morgan fingerprint density at radius 1 is 1.45 bits per heavy atom. The number of aryl methyl sites for hydroxylation is 1. The van der Waals surface area contributed by atoms with Crippen LogP contribution in [-0.4, -0.2) is 35.9 Å². The van der Waals surface area contributed by atoms with Crippen molar-refractivity contribution in [1.82, 2.24) is 15.1 Å². The molecule has 0 aliphatic heterocycles. The number of hydrogen-bond acceptors (Lipinski definition) is 4. The number of ether oxygens (including phenoxy) is 1. The second-order valence-electron chi connectivity index (χ2n) is 4.98. The van der Waals surface area contributed by atoms with Crippen LogP contribution in [0.4, 0.5) is 0 Å². The molecule has 0 saturated carbocycles. The highest BCUT2D eigenvalue weighted by Gasteiger charge is 2.16. The summed E-state index contributed by atoms with van der Waals surface area (Å²) < 4.78 is 12.3. The van der Waals surface area contributed by atoms with E-state index in [4.69, 9.17) is 9.15 Å². The van der Waals surface area contributed by atoms with Crippen molar-refractivity contribution in [2.45, 2.75) is 0 Å². The molecular formula is C16H17N3O3. The Morgan fingerprint density at radius 3 is 3.05 bits per heavy atom. The first-order valence-electron chi connectivity index (χ1n) is 6.97. The van der Waals surface area contributed by atoms with Gasteiger partial charge in [-0.2, -0.15) is 5.10 Å². The standard InChI is InChI=1S/C16H17N3O3/c1-19-9-11(8-18-19)14-10-22-15-12(14)4-3-5-13(15)16(20)17-6-7-21-2/h3-5,8-10H,6-7H2,1-2H3,(H,17,20). The number of nitrogens with zero attached hydrogens (tertiary/aromatic N) is 2. The van der Waals surface area contributed by atoms with E-state index in [0.717, 1.165) is 16.5 Å². The number of furan rings is 1. The van der Waals surface area contributed by atoms with Gasteiger partial charge in [0.2, 0.25) is 0 Å². The van der Waals surface area contributed by atoms with Crippen LogP contribution in [0.1, 0.15) is 10.4 Å². The minimum absolute atomic E-state index is 0.172. The Hall–Kier alpha value is -2.60. The molecule has 2 heterocycles. The minimum atomic E-state index is -0.172. The maximum absolute atomic E-state index is 12.2. The summed E-state index contributed by atoms with van der Waals surface area (Å²) in [4.78, 5) is 12.2. The molecule has 0 unspecified atom stereocenters. The van der Waals surface area contributed by atoms with E-state index in [1.807, 2.05) is 25.4 Å². The quantitative estimate of drug-likeness (QED) is 0.733. The molecule has 0 fully saturated rings. The van der Waals surface area contributed by atoms with Crippen LogP contribution >= 0.6 is 0 Å². The molecule has 0 radical (unpaired) electrons. The Bertz CT molecular complexity index is 804. The first-order chi connectivity index (χ1) is 10.7. The molecule has 3 aromatic rings. The second-order valence-corrected chi connectivity index (χ2v) is 4.98. The molecule has 0 aliphatic rings. The maximum atomic E-state index is 12.2. The van der Waals surface area contributed by atoms with Crippen molar-refractivity contribution < 1.29 is 13.9 Å². The molecule has 3 rings (SSSR count). The molecule has 22 heavy (non-hydrogen) atoms. The maximum Gasteiger partial charge on any atom is 0.255 e. The van der Waals surface area contributed by atoms with Crippen LogP contribution in [0, 0.1) is 0 Å². The van der Waals surface area contributed by atoms with E-state index in [1.54, 1.807) is 30.3 Å². The number of rotatable bonds is 5. The first-order valence-corrected chi connectivity index (χ1v) is 6.97. The van der Waals surface area contributed by atoms with E-state index < -0.39 is 0 Å². The number of para-hydroxylation sites is 1. The third-order valence-corrected chi connectivity index (χ3v) is 3.45. The van der Waals surface area contributed by atoms with Crippen molar-refractivity contribution in [3.8, 4) is 11.1 Å². The number of hydrogen-bond donors (Lipinski definition) is 1. The Kier molecular flexibility index (Phi) is 3.93. The van der Waals surface area contributed by atoms with Gasteiger partial charge in [-0.1, -0.05) is 12.1 Å². The largest absolute Gasteiger partial charge is 0.463 e. The van der Waals surface area contributed by atoms with Gasteiger partial charge in [-0.25, -0.2) is 0 Å². The predicted molar refractivity (Wildman–Crippen MR) is 82.6 cm³/mol. The van der Waals surface area contributed by atoms with E-state index in [2.05, 4.69) is 10.4 Å². The molecular weight excluding hydrogens is 282 g/mol. The third-order valence-electron chi connectivity index (χ3n) is 3.45. The van der Waals surface area contributed by atoms with Gasteiger partial charge in [0.05, 0.1) is 24.6 Å². The van der Waals surface area contributed by atoms with Gasteiger partial charge in [-0.3, -0.25) is 9.48 Å². The average Bonchev–Trinajstić information content (AvgIpc) is 3.12. The van der Waals surface area contributed by atoms with Gasteiger partial charge in [0, 0.05) is 43.4 Å². The molecule has 0 saturated heterocycles.